The van der Waals surface area contributed by atoms with E-state index < -0.39 is 7.82 Å². The van der Waals surface area contributed by atoms with Crippen molar-refractivity contribution in [3.8, 4) is 17.2 Å². The lowest BCUT2D eigenvalue weighted by molar-refractivity contribution is 0.291. The second kappa shape index (κ2) is 7.27. The van der Waals surface area contributed by atoms with E-state index in [1.165, 1.54) is 0 Å². The molecule has 0 radical (unpaired) electrons. The zero-order valence-electron chi connectivity index (χ0n) is 17.4. The molecule has 0 aliphatic carbocycles. The summed E-state index contributed by atoms with van der Waals surface area (Å²) < 4.78 is 31.7. The van der Waals surface area contributed by atoms with Gasteiger partial charge in [-0.15, -0.1) is 0 Å². The van der Waals surface area contributed by atoms with E-state index in [1.54, 1.807) is 0 Å². The Morgan fingerprint density at radius 1 is 0.793 bits per heavy atom. The fourth-order valence-corrected chi connectivity index (χ4v) is 5.14. The first-order valence-electron chi connectivity index (χ1n) is 9.72. The van der Waals surface area contributed by atoms with Gasteiger partial charge in [0.1, 0.15) is 17.2 Å². The van der Waals surface area contributed by atoms with Gasteiger partial charge < -0.3 is 13.6 Å². The summed E-state index contributed by atoms with van der Waals surface area (Å²) in [7, 11) is -3.98. The molecule has 29 heavy (non-hydrogen) atoms. The second-order valence-corrected chi connectivity index (χ2v) is 9.19. The standard InChI is InChI=1S/C24H25O4P/c1-15-9-11-22-20(13-15)19(5)21-14-16(2)10-12-23(21)27-29(25,26-22)28-24-17(3)7-6-8-18(24)4/h6-14,19H,1-5H3. The minimum Gasteiger partial charge on any atom is -0.386 e. The van der Waals surface area contributed by atoms with Crippen LogP contribution in [0.4, 0.5) is 0 Å². The Labute approximate surface area is 172 Å². The summed E-state index contributed by atoms with van der Waals surface area (Å²) in [5.41, 5.74) is 5.89. The lowest BCUT2D eigenvalue weighted by Crippen LogP contribution is -2.14. The fraction of sp³-hybridized carbons (Fsp3) is 0.250. The van der Waals surface area contributed by atoms with E-state index in [0.29, 0.717) is 17.2 Å². The molecule has 0 amide bonds. The number of hydrogen-bond donors (Lipinski definition) is 0. The van der Waals surface area contributed by atoms with Gasteiger partial charge in [-0.3, -0.25) is 0 Å². The molecular weight excluding hydrogens is 383 g/mol. The number of rotatable bonds is 2. The molecule has 0 bridgehead atoms. The summed E-state index contributed by atoms with van der Waals surface area (Å²) in [6.45, 7) is 9.99. The molecule has 4 rings (SSSR count). The van der Waals surface area contributed by atoms with Crippen LogP contribution in [-0.4, -0.2) is 0 Å². The van der Waals surface area contributed by atoms with Crippen LogP contribution in [0.3, 0.4) is 0 Å². The van der Waals surface area contributed by atoms with Crippen molar-refractivity contribution in [3.05, 3.63) is 88.0 Å². The monoisotopic (exact) mass is 408 g/mol. The van der Waals surface area contributed by atoms with Crippen molar-refractivity contribution in [1.29, 1.82) is 0 Å². The number of hydrogen-bond acceptors (Lipinski definition) is 4. The van der Waals surface area contributed by atoms with Crippen LogP contribution < -0.4 is 13.6 Å². The van der Waals surface area contributed by atoms with Crippen LogP contribution in [0.1, 0.15) is 46.2 Å². The minimum atomic E-state index is -3.98. The van der Waals surface area contributed by atoms with Gasteiger partial charge in [-0.25, -0.2) is 0 Å². The van der Waals surface area contributed by atoms with Gasteiger partial charge in [0.2, 0.25) is 0 Å². The highest BCUT2D eigenvalue weighted by molar-refractivity contribution is 7.49. The molecule has 1 aliphatic heterocycles. The third-order valence-corrected chi connectivity index (χ3v) is 6.54. The molecule has 0 atom stereocenters. The van der Waals surface area contributed by atoms with Crippen molar-refractivity contribution in [2.75, 3.05) is 0 Å². The molecule has 0 saturated carbocycles. The summed E-state index contributed by atoms with van der Waals surface area (Å²) >= 11 is 0. The second-order valence-electron chi connectivity index (χ2n) is 7.75. The quantitative estimate of drug-likeness (QED) is 0.427. The van der Waals surface area contributed by atoms with E-state index in [-0.39, 0.29) is 5.92 Å². The molecular formula is C24H25O4P. The van der Waals surface area contributed by atoms with Crippen LogP contribution >= 0.6 is 7.82 Å². The Morgan fingerprint density at radius 2 is 1.28 bits per heavy atom. The lowest BCUT2D eigenvalue weighted by Gasteiger charge is -2.28. The molecule has 1 heterocycles. The van der Waals surface area contributed by atoms with Gasteiger partial charge in [0.15, 0.2) is 0 Å². The zero-order valence-corrected chi connectivity index (χ0v) is 18.2. The van der Waals surface area contributed by atoms with Crippen molar-refractivity contribution in [2.45, 2.75) is 40.5 Å². The summed E-state index contributed by atoms with van der Waals surface area (Å²) in [5, 5.41) is 0. The molecule has 0 N–H and O–H groups in total. The SMILES string of the molecule is Cc1ccc2c(c1)C(C)c1cc(C)ccc1OP(=O)(Oc1c(C)cccc1C)O2. The third-order valence-electron chi connectivity index (χ3n) is 5.30. The largest absolute Gasteiger partial charge is 0.647 e. The Hall–Kier alpha value is -2.71. The van der Waals surface area contributed by atoms with Crippen LogP contribution in [-0.2, 0) is 4.57 Å². The van der Waals surface area contributed by atoms with Crippen molar-refractivity contribution in [3.63, 3.8) is 0 Å². The van der Waals surface area contributed by atoms with Crippen LogP contribution in [0, 0.1) is 27.7 Å². The predicted molar refractivity (Wildman–Crippen MR) is 115 cm³/mol. The maximum absolute atomic E-state index is 13.8. The van der Waals surface area contributed by atoms with E-state index >= 15 is 0 Å². The highest BCUT2D eigenvalue weighted by Gasteiger charge is 2.38. The maximum atomic E-state index is 13.8. The first-order chi connectivity index (χ1) is 13.8. The van der Waals surface area contributed by atoms with Gasteiger partial charge in [0, 0.05) is 17.0 Å². The van der Waals surface area contributed by atoms with Crippen LogP contribution in [0.2, 0.25) is 0 Å². The normalized spacial score (nSPS) is 20.4. The highest BCUT2D eigenvalue weighted by Crippen LogP contribution is 2.55. The Balaban J connectivity index is 1.88. The average Bonchev–Trinajstić information content (AvgIpc) is 2.66. The molecule has 0 unspecified atom stereocenters. The number of aryl methyl sites for hydroxylation is 4. The molecule has 1 aliphatic rings. The molecule has 0 saturated heterocycles. The summed E-state index contributed by atoms with van der Waals surface area (Å²) in [5.74, 6) is 1.58. The minimum absolute atomic E-state index is 0.0220. The van der Waals surface area contributed by atoms with Crippen molar-refractivity contribution in [2.24, 2.45) is 0 Å². The van der Waals surface area contributed by atoms with E-state index in [9.17, 15) is 4.57 Å². The van der Waals surface area contributed by atoms with E-state index in [1.807, 2.05) is 70.2 Å². The Bertz CT molecular complexity index is 1060. The van der Waals surface area contributed by atoms with Gasteiger partial charge in [-0.1, -0.05) is 60.5 Å². The van der Waals surface area contributed by atoms with Crippen LogP contribution in [0.25, 0.3) is 0 Å². The molecule has 3 aromatic rings. The first kappa shape index (κ1) is 19.6. The summed E-state index contributed by atoms with van der Waals surface area (Å²) in [4.78, 5) is 0. The van der Waals surface area contributed by atoms with Gasteiger partial charge >= 0.3 is 7.82 Å². The number of benzene rings is 3. The predicted octanol–water partition coefficient (Wildman–Crippen LogP) is 7.03. The van der Waals surface area contributed by atoms with Crippen LogP contribution in [0.5, 0.6) is 17.2 Å². The topological polar surface area (TPSA) is 44.8 Å². The molecule has 5 heteroatoms. The summed E-state index contributed by atoms with van der Waals surface area (Å²) in [6, 6.07) is 17.5. The van der Waals surface area contributed by atoms with Crippen LogP contribution in [0.15, 0.2) is 54.6 Å². The third kappa shape index (κ3) is 3.77. The first-order valence-corrected chi connectivity index (χ1v) is 11.2. The number of para-hydroxylation sites is 1. The average molecular weight is 408 g/mol. The molecule has 0 spiro atoms. The smallest absolute Gasteiger partial charge is 0.386 e. The number of phosphoric acid groups is 1. The van der Waals surface area contributed by atoms with Crippen molar-refractivity contribution < 1.29 is 18.1 Å². The lowest BCUT2D eigenvalue weighted by atomic mass is 9.90. The highest BCUT2D eigenvalue weighted by atomic mass is 31.2. The number of fused-ring (bicyclic) bond motifs is 2. The molecule has 0 fully saturated rings. The van der Waals surface area contributed by atoms with Gasteiger partial charge in [-0.2, -0.15) is 4.57 Å². The van der Waals surface area contributed by atoms with E-state index in [4.69, 9.17) is 13.6 Å². The summed E-state index contributed by atoms with van der Waals surface area (Å²) in [6.07, 6.45) is 0. The molecule has 3 aromatic carbocycles. The molecule has 4 nitrogen and oxygen atoms in total. The van der Waals surface area contributed by atoms with Gasteiger partial charge in [0.05, 0.1) is 0 Å². The maximum Gasteiger partial charge on any atom is 0.647 e. The van der Waals surface area contributed by atoms with Gasteiger partial charge in [0.25, 0.3) is 0 Å². The van der Waals surface area contributed by atoms with E-state index in [0.717, 1.165) is 33.4 Å². The van der Waals surface area contributed by atoms with E-state index in [2.05, 4.69) is 19.1 Å². The number of phosphoric ester groups is 1. The molecule has 150 valence electrons. The van der Waals surface area contributed by atoms with Crippen molar-refractivity contribution >= 4 is 7.82 Å². The fourth-order valence-electron chi connectivity index (χ4n) is 3.70. The Kier molecular flexibility index (Phi) is 4.92. The van der Waals surface area contributed by atoms with Gasteiger partial charge in [-0.05, 0) is 51.0 Å². The zero-order chi connectivity index (χ0) is 20.8. The van der Waals surface area contributed by atoms with Crippen molar-refractivity contribution in [1.82, 2.24) is 0 Å². The Morgan fingerprint density at radius 3 is 1.76 bits per heavy atom. The molecule has 0 aromatic heterocycles.